The minimum Gasteiger partial charge on any atom is -0.335 e. The number of nitrogens with zero attached hydrogens (tertiary/aromatic N) is 3. The van der Waals surface area contributed by atoms with E-state index in [0.29, 0.717) is 5.69 Å². The van der Waals surface area contributed by atoms with Crippen molar-refractivity contribution in [2.45, 2.75) is 31.2 Å². The fourth-order valence-corrected chi connectivity index (χ4v) is 4.22. The molecule has 1 amide bonds. The average Bonchev–Trinajstić information content (AvgIpc) is 2.93. The number of carbonyl (C=O) groups is 1. The molecule has 23 heavy (non-hydrogen) atoms. The van der Waals surface area contributed by atoms with E-state index in [9.17, 15) is 4.79 Å². The third kappa shape index (κ3) is 2.51. The largest absolute Gasteiger partial charge is 0.335 e. The number of amides is 1. The number of pyridine rings is 1. The van der Waals surface area contributed by atoms with Gasteiger partial charge >= 0.3 is 0 Å². The van der Waals surface area contributed by atoms with Crippen LogP contribution in [0, 0.1) is 0 Å². The Kier molecular flexibility index (Phi) is 3.57. The van der Waals surface area contributed by atoms with Gasteiger partial charge in [0.15, 0.2) is 0 Å². The van der Waals surface area contributed by atoms with Crippen LogP contribution in [0.5, 0.6) is 0 Å². The van der Waals surface area contributed by atoms with Crippen LogP contribution in [0.4, 0.5) is 0 Å². The summed E-state index contributed by atoms with van der Waals surface area (Å²) in [6.45, 7) is 2.84. The first-order valence-corrected chi connectivity index (χ1v) is 8.54. The molecular weight excluding hydrogens is 286 g/mol. The van der Waals surface area contributed by atoms with Gasteiger partial charge in [-0.3, -0.25) is 9.69 Å². The Morgan fingerprint density at radius 1 is 1.09 bits per heavy atom. The number of hydrogen-bond acceptors (Lipinski definition) is 3. The molecule has 1 aromatic heterocycles. The van der Waals surface area contributed by atoms with Crippen LogP contribution in [-0.2, 0) is 0 Å². The summed E-state index contributed by atoms with van der Waals surface area (Å²) in [6.07, 6.45) is 4.74. The molecule has 1 atom stereocenters. The molecule has 0 saturated carbocycles. The molecule has 4 nitrogen and oxygen atoms in total. The van der Waals surface area contributed by atoms with Gasteiger partial charge in [0.25, 0.3) is 5.91 Å². The number of hydrogen-bond donors (Lipinski definition) is 0. The van der Waals surface area contributed by atoms with Crippen molar-refractivity contribution in [3.05, 3.63) is 42.1 Å². The van der Waals surface area contributed by atoms with Gasteiger partial charge in [-0.2, -0.15) is 0 Å². The lowest BCUT2D eigenvalue weighted by Crippen LogP contribution is -2.55. The van der Waals surface area contributed by atoms with E-state index in [0.717, 1.165) is 37.0 Å². The van der Waals surface area contributed by atoms with Crippen molar-refractivity contribution in [3.8, 4) is 0 Å². The highest BCUT2D eigenvalue weighted by molar-refractivity contribution is 5.95. The standard InChI is InChI=1S/C19H23N3O/c1-21-12-4-10-19(21)11-5-13-22(14-19)18(23)17-9-8-15-6-2-3-7-16(15)20-17/h2-3,6-9H,4-5,10-14H2,1H3. The van der Waals surface area contributed by atoms with Crippen molar-refractivity contribution in [2.75, 3.05) is 26.7 Å². The second-order valence-electron chi connectivity index (χ2n) is 6.97. The Morgan fingerprint density at radius 2 is 1.87 bits per heavy atom. The molecule has 0 radical (unpaired) electrons. The third-order valence-corrected chi connectivity index (χ3v) is 5.61. The summed E-state index contributed by atoms with van der Waals surface area (Å²) in [4.78, 5) is 22.0. The van der Waals surface area contributed by atoms with Crippen molar-refractivity contribution in [1.82, 2.24) is 14.8 Å². The Labute approximate surface area is 137 Å². The maximum atomic E-state index is 12.9. The van der Waals surface area contributed by atoms with Gasteiger partial charge in [0, 0.05) is 24.0 Å². The molecule has 3 heterocycles. The van der Waals surface area contributed by atoms with Gasteiger partial charge < -0.3 is 4.90 Å². The summed E-state index contributed by atoms with van der Waals surface area (Å²) in [5.74, 6) is 0.0788. The summed E-state index contributed by atoms with van der Waals surface area (Å²) in [7, 11) is 2.20. The Bertz CT molecular complexity index is 744. The van der Waals surface area contributed by atoms with Gasteiger partial charge in [0.1, 0.15) is 5.69 Å². The van der Waals surface area contributed by atoms with E-state index in [4.69, 9.17) is 0 Å². The number of likely N-dealkylation sites (tertiary alicyclic amines) is 2. The van der Waals surface area contributed by atoms with Gasteiger partial charge in [0.05, 0.1) is 5.52 Å². The van der Waals surface area contributed by atoms with Crippen LogP contribution in [0.25, 0.3) is 10.9 Å². The molecule has 2 aliphatic heterocycles. The second-order valence-corrected chi connectivity index (χ2v) is 6.97. The number of likely N-dealkylation sites (N-methyl/N-ethyl adjacent to an activating group) is 1. The van der Waals surface area contributed by atoms with Crippen molar-refractivity contribution < 1.29 is 4.79 Å². The molecule has 120 valence electrons. The number of piperidine rings is 1. The lowest BCUT2D eigenvalue weighted by atomic mass is 9.86. The van der Waals surface area contributed by atoms with Crippen LogP contribution < -0.4 is 0 Å². The normalized spacial score (nSPS) is 25.3. The Hall–Kier alpha value is -1.94. The van der Waals surface area contributed by atoms with E-state index < -0.39 is 0 Å². The van der Waals surface area contributed by atoms with Crippen LogP contribution in [0.1, 0.15) is 36.2 Å². The number of benzene rings is 1. The number of fused-ring (bicyclic) bond motifs is 1. The van der Waals surface area contributed by atoms with Crippen LogP contribution in [0.15, 0.2) is 36.4 Å². The predicted octanol–water partition coefficient (Wildman–Crippen LogP) is 2.94. The van der Waals surface area contributed by atoms with Crippen LogP contribution in [0.3, 0.4) is 0 Å². The minimum absolute atomic E-state index is 0.0788. The summed E-state index contributed by atoms with van der Waals surface area (Å²) in [5, 5.41) is 1.08. The molecule has 0 bridgehead atoms. The lowest BCUT2D eigenvalue weighted by molar-refractivity contribution is 0.0408. The van der Waals surface area contributed by atoms with E-state index in [1.807, 2.05) is 41.3 Å². The molecule has 2 saturated heterocycles. The first-order chi connectivity index (χ1) is 11.2. The summed E-state index contributed by atoms with van der Waals surface area (Å²) in [6, 6.07) is 11.8. The maximum absolute atomic E-state index is 12.9. The van der Waals surface area contributed by atoms with Crippen LogP contribution in [-0.4, -0.2) is 52.9 Å². The quantitative estimate of drug-likeness (QED) is 0.812. The summed E-state index contributed by atoms with van der Waals surface area (Å²) in [5.41, 5.74) is 1.66. The van der Waals surface area contributed by atoms with Crippen molar-refractivity contribution >= 4 is 16.8 Å². The molecule has 1 unspecified atom stereocenters. The zero-order valence-corrected chi connectivity index (χ0v) is 13.7. The van der Waals surface area contributed by atoms with Gasteiger partial charge in [0.2, 0.25) is 0 Å². The second kappa shape index (κ2) is 5.60. The highest BCUT2D eigenvalue weighted by Gasteiger charge is 2.43. The van der Waals surface area contributed by atoms with Crippen molar-refractivity contribution in [2.24, 2.45) is 0 Å². The number of rotatable bonds is 1. The van der Waals surface area contributed by atoms with E-state index in [1.54, 1.807) is 0 Å². The van der Waals surface area contributed by atoms with Crippen LogP contribution >= 0.6 is 0 Å². The summed E-state index contributed by atoms with van der Waals surface area (Å²) < 4.78 is 0. The fourth-order valence-electron chi connectivity index (χ4n) is 4.22. The highest BCUT2D eigenvalue weighted by Crippen LogP contribution is 2.36. The van der Waals surface area contributed by atoms with Gasteiger partial charge in [-0.25, -0.2) is 4.98 Å². The maximum Gasteiger partial charge on any atom is 0.272 e. The Balaban J connectivity index is 1.60. The SMILES string of the molecule is CN1CCCC12CCCN(C(=O)c1ccc3ccccc3n1)C2. The topological polar surface area (TPSA) is 36.4 Å². The van der Waals surface area contributed by atoms with E-state index in [-0.39, 0.29) is 11.4 Å². The fraction of sp³-hybridized carbons (Fsp3) is 0.474. The lowest BCUT2D eigenvalue weighted by Gasteiger charge is -2.44. The van der Waals surface area contributed by atoms with Crippen molar-refractivity contribution in [3.63, 3.8) is 0 Å². The zero-order valence-electron chi connectivity index (χ0n) is 13.7. The molecule has 0 N–H and O–H groups in total. The summed E-state index contributed by atoms with van der Waals surface area (Å²) >= 11 is 0. The molecule has 0 aliphatic carbocycles. The molecule has 1 spiro atoms. The van der Waals surface area contributed by atoms with E-state index >= 15 is 0 Å². The zero-order chi connectivity index (χ0) is 15.9. The molecule has 1 aromatic carbocycles. The van der Waals surface area contributed by atoms with E-state index in [1.165, 1.54) is 19.3 Å². The van der Waals surface area contributed by atoms with Crippen molar-refractivity contribution in [1.29, 1.82) is 0 Å². The smallest absolute Gasteiger partial charge is 0.272 e. The molecule has 4 heteroatoms. The molecule has 2 fully saturated rings. The molecule has 2 aromatic rings. The molecule has 2 aliphatic rings. The average molecular weight is 309 g/mol. The predicted molar refractivity (Wildman–Crippen MR) is 91.5 cm³/mol. The number of para-hydroxylation sites is 1. The Morgan fingerprint density at radius 3 is 2.70 bits per heavy atom. The monoisotopic (exact) mass is 309 g/mol. The van der Waals surface area contributed by atoms with Gasteiger partial charge in [-0.15, -0.1) is 0 Å². The highest BCUT2D eigenvalue weighted by atomic mass is 16.2. The first kappa shape index (κ1) is 14.6. The molecular formula is C19H23N3O. The minimum atomic E-state index is 0.0788. The first-order valence-electron chi connectivity index (χ1n) is 8.54. The number of aromatic nitrogens is 1. The van der Waals surface area contributed by atoms with Gasteiger partial charge in [-0.05, 0) is 51.4 Å². The van der Waals surface area contributed by atoms with Crippen LogP contribution in [0.2, 0.25) is 0 Å². The van der Waals surface area contributed by atoms with Gasteiger partial charge in [-0.1, -0.05) is 24.3 Å². The number of carbonyl (C=O) groups excluding carboxylic acids is 1. The molecule has 4 rings (SSSR count). The van der Waals surface area contributed by atoms with E-state index in [2.05, 4.69) is 16.9 Å². The third-order valence-electron chi connectivity index (χ3n) is 5.61.